The molecule has 0 aliphatic rings. The predicted octanol–water partition coefficient (Wildman–Crippen LogP) is 6.42. The van der Waals surface area contributed by atoms with E-state index >= 15 is 0 Å². The summed E-state index contributed by atoms with van der Waals surface area (Å²) in [6.45, 7) is 3.86. The van der Waals surface area contributed by atoms with Gasteiger partial charge in [0.05, 0.1) is 30.1 Å². The molecule has 5 atom stereocenters. The second-order valence-electron chi connectivity index (χ2n) is 18.8. The smallest absolute Gasteiger partial charge is 0.253 e. The Balaban J connectivity index is 1.12. The number of aromatic hydroxyl groups is 1. The van der Waals surface area contributed by atoms with Crippen LogP contribution >= 0.6 is 0 Å². The van der Waals surface area contributed by atoms with E-state index in [1.165, 1.54) is 18.3 Å². The summed E-state index contributed by atoms with van der Waals surface area (Å²) in [6.07, 6.45) is -0.554. The van der Waals surface area contributed by atoms with Crippen molar-refractivity contribution < 1.29 is 44.7 Å². The second-order valence-corrected chi connectivity index (χ2v) is 18.8. The minimum absolute atomic E-state index is 0.119. The van der Waals surface area contributed by atoms with Crippen LogP contribution in [0.4, 0.5) is 11.5 Å². The third-order valence-corrected chi connectivity index (χ3v) is 12.7. The fraction of sp³-hybridized carbons (Fsp3) is 0.351. The van der Waals surface area contributed by atoms with Crippen molar-refractivity contribution in [1.29, 1.82) is 0 Å². The second kappa shape index (κ2) is 27.5. The van der Waals surface area contributed by atoms with Gasteiger partial charge in [0.1, 0.15) is 29.9 Å². The van der Waals surface area contributed by atoms with Crippen LogP contribution in [0.25, 0.3) is 22.4 Å². The number of unbranched alkanes of at least 4 members (excludes halogenated alkanes) is 2. The lowest BCUT2D eigenvalue weighted by atomic mass is 9.86. The van der Waals surface area contributed by atoms with Gasteiger partial charge < -0.3 is 56.9 Å². The summed E-state index contributed by atoms with van der Waals surface area (Å²) >= 11 is 0. The Morgan fingerprint density at radius 2 is 1.41 bits per heavy atom. The third kappa shape index (κ3) is 16.9. The van der Waals surface area contributed by atoms with E-state index < -0.39 is 60.9 Å². The van der Waals surface area contributed by atoms with E-state index in [1.807, 2.05) is 111 Å². The molecule has 2 heterocycles. The Bertz CT molecular complexity index is 2570. The largest absolute Gasteiger partial charge is 0.508 e. The van der Waals surface area contributed by atoms with Crippen LogP contribution < -0.4 is 31.3 Å². The normalized spacial score (nSPS) is 13.5. The monoisotopic (exact) mass is 996 g/mol. The maximum absolute atomic E-state index is 14.5. The molecule has 3 amide bonds. The van der Waals surface area contributed by atoms with Gasteiger partial charge in [0.25, 0.3) is 5.91 Å². The third-order valence-electron chi connectivity index (χ3n) is 12.7. The zero-order valence-electron chi connectivity index (χ0n) is 41.5. The molecule has 16 nitrogen and oxygen atoms in total. The summed E-state index contributed by atoms with van der Waals surface area (Å²) < 4.78 is 6.27. The number of phenolic OH excluding ortho intramolecular Hbond substituents is 1. The molecule has 386 valence electrons. The van der Waals surface area contributed by atoms with Crippen LogP contribution in [0, 0.1) is 5.41 Å². The highest BCUT2D eigenvalue weighted by atomic mass is 16.5. The number of ether oxygens (including phenoxy) is 1. The van der Waals surface area contributed by atoms with Crippen molar-refractivity contribution in [2.24, 2.45) is 5.41 Å². The van der Waals surface area contributed by atoms with Crippen molar-refractivity contribution in [2.45, 2.75) is 95.7 Å². The molecule has 73 heavy (non-hydrogen) atoms. The first-order valence-electron chi connectivity index (χ1n) is 24.8. The molecule has 4 aromatic carbocycles. The Labute approximate surface area is 427 Å². The Kier molecular flexibility index (Phi) is 20.7. The number of nitrogens with zero attached hydrogens (tertiary/aromatic N) is 3. The maximum Gasteiger partial charge on any atom is 0.253 e. The number of aliphatic hydroxyl groups excluding tert-OH is 4. The number of hydrogen-bond acceptors (Lipinski definition) is 13. The van der Waals surface area contributed by atoms with Gasteiger partial charge in [-0.25, -0.2) is 9.97 Å². The molecule has 0 saturated carbocycles. The number of aromatic nitrogens is 2. The van der Waals surface area contributed by atoms with Crippen LogP contribution in [0.1, 0.15) is 74.7 Å². The topological polar surface area (TPSA) is 253 Å². The van der Waals surface area contributed by atoms with E-state index in [0.29, 0.717) is 57.6 Å². The number of carbonyl (C=O) groups excluding carboxylic acids is 3. The number of nitrogens with one attached hydrogen (secondary N) is 3. The molecule has 6 aromatic rings. The number of aliphatic hydroxyl groups is 4. The standard InChI is InChI=1S/C57H69N7O9/c1-57(2,30-13-15-33-73-52-36-43(40-16-6-3-7-17-40)35-47(61-52)41-18-8-4-9-19-41)56(72)63-51(34-39-23-26-45(66)27-24-39)64(44-20-10-5-11-21-44)31-14-12-22-46(62-54(70)42-25-28-50(58)59-37-42)55(71)60-38-49(68)53(69)48(67)29-32-65/h3-11,16-21,23-28,35-37,46,48-49,51,53,65-69H,12-15,22,29-34,38H2,1-2H3,(H2,58,59)(H,60,71)(H,62,70)(H,63,72)/t46?,48?,49-,51-,53-/m1/s1. The number of hydrogen-bond donors (Lipinski definition) is 9. The molecular weight excluding hydrogens is 927 g/mol. The number of rotatable bonds is 28. The number of amides is 3. The Morgan fingerprint density at radius 1 is 0.740 bits per heavy atom. The van der Waals surface area contributed by atoms with Gasteiger partial charge in [0, 0.05) is 55.0 Å². The van der Waals surface area contributed by atoms with Gasteiger partial charge >= 0.3 is 0 Å². The minimum Gasteiger partial charge on any atom is -0.508 e. The number of benzene rings is 4. The molecule has 6 rings (SSSR count). The molecule has 0 aliphatic heterocycles. The summed E-state index contributed by atoms with van der Waals surface area (Å²) in [5.41, 5.74) is 10.7. The van der Waals surface area contributed by atoms with Gasteiger partial charge in [0.2, 0.25) is 17.7 Å². The number of pyridine rings is 2. The van der Waals surface area contributed by atoms with Gasteiger partial charge in [-0.05, 0) is 104 Å². The molecule has 10 N–H and O–H groups in total. The summed E-state index contributed by atoms with van der Waals surface area (Å²) in [4.78, 5) is 52.4. The first kappa shape index (κ1) is 55.0. The van der Waals surface area contributed by atoms with Crippen LogP contribution in [0.5, 0.6) is 11.6 Å². The molecular formula is C57H69N7O9. The van der Waals surface area contributed by atoms with Gasteiger partial charge in [-0.3, -0.25) is 14.4 Å². The van der Waals surface area contributed by atoms with Gasteiger partial charge in [0.15, 0.2) is 0 Å². The lowest BCUT2D eigenvalue weighted by molar-refractivity contribution is -0.130. The molecule has 0 fully saturated rings. The van der Waals surface area contributed by atoms with Crippen LogP contribution in [0.3, 0.4) is 0 Å². The fourth-order valence-electron chi connectivity index (χ4n) is 8.31. The zero-order chi connectivity index (χ0) is 52.2. The van der Waals surface area contributed by atoms with Crippen molar-refractivity contribution in [3.63, 3.8) is 0 Å². The van der Waals surface area contributed by atoms with Crippen molar-refractivity contribution in [3.05, 3.63) is 157 Å². The van der Waals surface area contributed by atoms with Crippen molar-refractivity contribution in [3.8, 4) is 34.0 Å². The van der Waals surface area contributed by atoms with Crippen molar-refractivity contribution >= 4 is 29.2 Å². The highest BCUT2D eigenvalue weighted by molar-refractivity contribution is 5.97. The SMILES string of the molecule is CC(C)(CCCCOc1cc(-c2ccccc2)cc(-c2ccccc2)n1)C(=O)N[C@@H](Cc1ccc(O)cc1)N(CCCCC(NC(=O)c1ccc(N)nc1)C(=O)NC[C@@H](O)[C@H](O)C(O)CCO)c1ccccc1. The molecule has 0 aliphatic carbocycles. The van der Waals surface area contributed by atoms with Crippen LogP contribution in [0.15, 0.2) is 146 Å². The van der Waals surface area contributed by atoms with Gasteiger partial charge in [-0.2, -0.15) is 0 Å². The van der Waals surface area contributed by atoms with E-state index in [-0.39, 0.29) is 35.9 Å². The first-order chi connectivity index (χ1) is 35.2. The number of phenols is 1. The van der Waals surface area contributed by atoms with E-state index in [9.17, 15) is 34.8 Å². The zero-order valence-corrected chi connectivity index (χ0v) is 41.5. The average molecular weight is 996 g/mol. The highest BCUT2D eigenvalue weighted by Crippen LogP contribution is 2.30. The van der Waals surface area contributed by atoms with Crippen LogP contribution in [0.2, 0.25) is 0 Å². The Hall–Kier alpha value is -7.37. The molecule has 0 saturated heterocycles. The minimum atomic E-state index is -1.63. The average Bonchev–Trinajstić information content (AvgIpc) is 3.40. The summed E-state index contributed by atoms with van der Waals surface area (Å²) in [7, 11) is 0. The molecule has 0 bridgehead atoms. The number of nitrogen functional groups attached to an aromatic ring is 1. The Morgan fingerprint density at radius 3 is 2.07 bits per heavy atom. The predicted molar refractivity (Wildman–Crippen MR) is 282 cm³/mol. The summed E-state index contributed by atoms with van der Waals surface area (Å²) in [5, 5.41) is 58.9. The highest BCUT2D eigenvalue weighted by Gasteiger charge is 2.32. The molecule has 2 unspecified atom stereocenters. The number of carbonyl (C=O) groups is 3. The number of anilines is 2. The summed E-state index contributed by atoms with van der Waals surface area (Å²) in [5.74, 6) is -0.487. The lowest BCUT2D eigenvalue weighted by Gasteiger charge is -2.37. The summed E-state index contributed by atoms with van der Waals surface area (Å²) in [6, 6.07) is 42.5. The van der Waals surface area contributed by atoms with E-state index in [2.05, 4.69) is 44.0 Å². The van der Waals surface area contributed by atoms with Crippen LogP contribution in [-0.4, -0.2) is 110 Å². The first-order valence-corrected chi connectivity index (χ1v) is 24.8. The van der Waals surface area contributed by atoms with Crippen LogP contribution in [-0.2, 0) is 16.0 Å². The molecule has 16 heteroatoms. The van der Waals surface area contributed by atoms with E-state index in [0.717, 1.165) is 33.6 Å². The van der Waals surface area contributed by atoms with Gasteiger partial charge in [-0.15, -0.1) is 0 Å². The fourth-order valence-corrected chi connectivity index (χ4v) is 8.31. The van der Waals surface area contributed by atoms with Crippen molar-refractivity contribution in [1.82, 2.24) is 25.9 Å². The van der Waals surface area contributed by atoms with E-state index in [1.54, 1.807) is 12.1 Å². The maximum atomic E-state index is 14.5. The number of para-hydroxylation sites is 1. The van der Waals surface area contributed by atoms with E-state index in [4.69, 9.17) is 20.6 Å². The van der Waals surface area contributed by atoms with Crippen molar-refractivity contribution in [2.75, 3.05) is 36.9 Å². The molecule has 0 spiro atoms. The molecule has 0 radical (unpaired) electrons. The quantitative estimate of drug-likeness (QED) is 0.0191. The lowest BCUT2D eigenvalue weighted by Crippen LogP contribution is -2.53. The molecule has 2 aromatic heterocycles. The van der Waals surface area contributed by atoms with Gasteiger partial charge in [-0.1, -0.05) is 105 Å². The number of nitrogens with two attached hydrogens (primary N) is 1.